The van der Waals surface area contributed by atoms with Crippen LogP contribution in [0.4, 0.5) is 0 Å². The average molecular weight is 305 g/mol. The molecule has 1 fully saturated rings. The topological polar surface area (TPSA) is 74.8 Å². The lowest BCUT2D eigenvalue weighted by Crippen LogP contribution is -2.40. The van der Waals surface area contributed by atoms with Gasteiger partial charge in [-0.1, -0.05) is 0 Å². The van der Waals surface area contributed by atoms with E-state index in [1.54, 1.807) is 11.3 Å². The summed E-state index contributed by atoms with van der Waals surface area (Å²) in [6.45, 7) is 4.79. The average Bonchev–Trinajstić information content (AvgIpc) is 3.09. The Morgan fingerprint density at radius 3 is 3.00 bits per heavy atom. The first-order valence-corrected chi connectivity index (χ1v) is 8.04. The Morgan fingerprint density at radius 1 is 1.48 bits per heavy atom. The summed E-state index contributed by atoms with van der Waals surface area (Å²) < 4.78 is 0. The summed E-state index contributed by atoms with van der Waals surface area (Å²) in [4.78, 5) is 24.4. The van der Waals surface area contributed by atoms with Crippen LogP contribution < -0.4 is 0 Å². The number of carbonyl (C=O) groups excluding carboxylic acids is 1. The number of aryl methyl sites for hydroxylation is 2. The maximum atomic E-state index is 12.7. The van der Waals surface area contributed by atoms with Crippen molar-refractivity contribution >= 4 is 17.2 Å². The van der Waals surface area contributed by atoms with E-state index in [4.69, 9.17) is 0 Å². The molecule has 3 heterocycles. The molecule has 0 radical (unpaired) electrons. The number of hydrogen-bond donors (Lipinski definition) is 1. The van der Waals surface area contributed by atoms with Gasteiger partial charge in [0.05, 0.1) is 23.2 Å². The third kappa shape index (κ3) is 2.97. The largest absolute Gasteiger partial charge is 0.332 e. The maximum absolute atomic E-state index is 12.7. The SMILES string of the molecule is Cc1nc(CC(=O)N2CCCCC2c2ncn[nH]2)c(C)s1. The number of piperidine rings is 1. The molecule has 3 rings (SSSR count). The van der Waals surface area contributed by atoms with Gasteiger partial charge >= 0.3 is 0 Å². The van der Waals surface area contributed by atoms with Crippen molar-refractivity contribution in [3.63, 3.8) is 0 Å². The minimum Gasteiger partial charge on any atom is -0.332 e. The molecule has 1 aliphatic heterocycles. The van der Waals surface area contributed by atoms with Crippen LogP contribution in [0.3, 0.4) is 0 Å². The number of hydrogen-bond acceptors (Lipinski definition) is 5. The number of carbonyl (C=O) groups is 1. The van der Waals surface area contributed by atoms with Gasteiger partial charge in [-0.15, -0.1) is 11.3 Å². The molecular formula is C14H19N5OS. The van der Waals surface area contributed by atoms with E-state index in [0.29, 0.717) is 6.42 Å². The zero-order chi connectivity index (χ0) is 14.8. The molecule has 0 aromatic carbocycles. The van der Waals surface area contributed by atoms with Crippen LogP contribution in [0.2, 0.25) is 0 Å². The van der Waals surface area contributed by atoms with Crippen molar-refractivity contribution in [1.82, 2.24) is 25.1 Å². The summed E-state index contributed by atoms with van der Waals surface area (Å²) in [5, 5.41) is 7.82. The summed E-state index contributed by atoms with van der Waals surface area (Å²) in [6, 6.07) is 0.0220. The Kier molecular flexibility index (Phi) is 4.01. The minimum absolute atomic E-state index is 0.0220. The first-order chi connectivity index (χ1) is 10.1. The van der Waals surface area contributed by atoms with Crippen LogP contribution in [0.1, 0.15) is 46.7 Å². The van der Waals surface area contributed by atoms with Gasteiger partial charge in [0.2, 0.25) is 5.91 Å². The molecule has 2 aromatic heterocycles. The van der Waals surface area contributed by atoms with Gasteiger partial charge in [0.1, 0.15) is 12.2 Å². The predicted octanol–water partition coefficient (Wildman–Crippen LogP) is 2.17. The van der Waals surface area contributed by atoms with Crippen molar-refractivity contribution in [3.05, 3.63) is 27.7 Å². The number of thiazole rings is 1. The summed E-state index contributed by atoms with van der Waals surface area (Å²) >= 11 is 1.65. The zero-order valence-electron chi connectivity index (χ0n) is 12.3. The molecule has 1 aliphatic rings. The lowest BCUT2D eigenvalue weighted by molar-refractivity contribution is -0.134. The van der Waals surface area contributed by atoms with E-state index in [9.17, 15) is 4.79 Å². The molecule has 1 N–H and O–H groups in total. The van der Waals surface area contributed by atoms with Gasteiger partial charge in [-0.2, -0.15) is 5.10 Å². The molecule has 2 aromatic rings. The zero-order valence-corrected chi connectivity index (χ0v) is 13.1. The van der Waals surface area contributed by atoms with E-state index in [1.165, 1.54) is 6.33 Å². The first kappa shape index (κ1) is 14.2. The lowest BCUT2D eigenvalue weighted by Gasteiger charge is -2.34. The number of aromatic amines is 1. The van der Waals surface area contributed by atoms with Gasteiger partial charge in [-0.25, -0.2) is 9.97 Å². The molecule has 6 nitrogen and oxygen atoms in total. The lowest BCUT2D eigenvalue weighted by atomic mass is 10.0. The van der Waals surface area contributed by atoms with Crippen molar-refractivity contribution in [1.29, 1.82) is 0 Å². The standard InChI is InChI=1S/C14H19N5OS/c1-9-11(17-10(2)21-9)7-13(20)19-6-4-3-5-12(19)14-15-8-16-18-14/h8,12H,3-7H2,1-2H3,(H,15,16,18). The van der Waals surface area contributed by atoms with E-state index >= 15 is 0 Å². The fraction of sp³-hybridized carbons (Fsp3) is 0.571. The van der Waals surface area contributed by atoms with Gasteiger partial charge in [0.25, 0.3) is 0 Å². The van der Waals surface area contributed by atoms with Crippen LogP contribution in [0.25, 0.3) is 0 Å². The predicted molar refractivity (Wildman–Crippen MR) is 80.0 cm³/mol. The van der Waals surface area contributed by atoms with E-state index < -0.39 is 0 Å². The molecule has 0 spiro atoms. The van der Waals surface area contributed by atoms with Crippen molar-refractivity contribution < 1.29 is 4.79 Å². The van der Waals surface area contributed by atoms with Gasteiger partial charge < -0.3 is 4.90 Å². The number of rotatable bonds is 3. The van der Waals surface area contributed by atoms with Crippen LogP contribution in [0.15, 0.2) is 6.33 Å². The van der Waals surface area contributed by atoms with Gasteiger partial charge in [0.15, 0.2) is 0 Å². The van der Waals surface area contributed by atoms with Crippen molar-refractivity contribution in [2.75, 3.05) is 6.54 Å². The summed E-state index contributed by atoms with van der Waals surface area (Å²) in [5.41, 5.74) is 0.907. The molecule has 1 saturated heterocycles. The molecule has 1 atom stereocenters. The third-order valence-electron chi connectivity index (χ3n) is 3.89. The van der Waals surface area contributed by atoms with Crippen molar-refractivity contribution in [2.24, 2.45) is 0 Å². The maximum Gasteiger partial charge on any atom is 0.229 e. The van der Waals surface area contributed by atoms with E-state index in [-0.39, 0.29) is 11.9 Å². The first-order valence-electron chi connectivity index (χ1n) is 7.23. The van der Waals surface area contributed by atoms with Gasteiger partial charge in [-0.3, -0.25) is 9.89 Å². The molecule has 112 valence electrons. The second-order valence-electron chi connectivity index (χ2n) is 5.38. The highest BCUT2D eigenvalue weighted by Crippen LogP contribution is 2.29. The molecule has 1 amide bonds. The quantitative estimate of drug-likeness (QED) is 0.943. The third-order valence-corrected chi connectivity index (χ3v) is 4.82. The summed E-state index contributed by atoms with van der Waals surface area (Å²) in [6.07, 6.45) is 4.98. The van der Waals surface area contributed by atoms with Gasteiger partial charge in [-0.05, 0) is 33.1 Å². The fourth-order valence-corrected chi connectivity index (χ4v) is 3.71. The Bertz CT molecular complexity index is 621. The highest BCUT2D eigenvalue weighted by molar-refractivity contribution is 7.11. The van der Waals surface area contributed by atoms with Gasteiger partial charge in [0, 0.05) is 11.4 Å². The number of nitrogens with zero attached hydrogens (tertiary/aromatic N) is 4. The fourth-order valence-electron chi connectivity index (χ4n) is 2.87. The van der Waals surface area contributed by atoms with Crippen LogP contribution in [0, 0.1) is 13.8 Å². The number of H-pyrrole nitrogens is 1. The van der Waals surface area contributed by atoms with Crippen molar-refractivity contribution in [3.8, 4) is 0 Å². The van der Waals surface area contributed by atoms with E-state index in [1.807, 2.05) is 18.7 Å². The van der Waals surface area contributed by atoms with Crippen molar-refractivity contribution in [2.45, 2.75) is 45.6 Å². The van der Waals surface area contributed by atoms with Crippen LogP contribution in [0.5, 0.6) is 0 Å². The Labute approximate surface area is 127 Å². The van der Waals surface area contributed by atoms with Crippen LogP contribution in [-0.2, 0) is 11.2 Å². The molecule has 21 heavy (non-hydrogen) atoms. The van der Waals surface area contributed by atoms with Crippen LogP contribution >= 0.6 is 11.3 Å². The minimum atomic E-state index is 0.0220. The van der Waals surface area contributed by atoms with E-state index in [0.717, 1.165) is 47.2 Å². The smallest absolute Gasteiger partial charge is 0.229 e. The second kappa shape index (κ2) is 5.93. The number of amides is 1. The summed E-state index contributed by atoms with van der Waals surface area (Å²) in [5.74, 6) is 0.915. The molecular weight excluding hydrogens is 286 g/mol. The Balaban J connectivity index is 1.77. The molecule has 7 heteroatoms. The highest BCUT2D eigenvalue weighted by atomic mass is 32.1. The Hall–Kier alpha value is -1.76. The second-order valence-corrected chi connectivity index (χ2v) is 6.79. The van der Waals surface area contributed by atoms with Crippen LogP contribution in [-0.4, -0.2) is 37.5 Å². The monoisotopic (exact) mass is 305 g/mol. The number of aromatic nitrogens is 4. The normalized spacial score (nSPS) is 19.0. The molecule has 0 saturated carbocycles. The van der Waals surface area contributed by atoms with E-state index in [2.05, 4.69) is 20.2 Å². The highest BCUT2D eigenvalue weighted by Gasteiger charge is 2.30. The Morgan fingerprint density at radius 2 is 2.33 bits per heavy atom. The number of likely N-dealkylation sites (tertiary alicyclic amines) is 1. The molecule has 0 bridgehead atoms. The number of nitrogens with one attached hydrogen (secondary N) is 1. The molecule has 1 unspecified atom stereocenters. The summed E-state index contributed by atoms with van der Waals surface area (Å²) in [7, 11) is 0. The molecule has 0 aliphatic carbocycles.